The summed E-state index contributed by atoms with van der Waals surface area (Å²) in [6.45, 7) is 5.00. The van der Waals surface area contributed by atoms with Crippen LogP contribution < -0.4 is 16.0 Å². The molecule has 2 aliphatic rings. The number of rotatable bonds is 4. The monoisotopic (exact) mass is 347 g/mol. The van der Waals surface area contributed by atoms with Crippen molar-refractivity contribution in [3.8, 4) is 0 Å². The topological polar surface area (TPSA) is 95.6 Å². The fraction of sp³-hybridized carbons (Fsp3) is 0.588. The number of likely N-dealkylation sites (tertiary alicyclic amines) is 1. The van der Waals surface area contributed by atoms with Gasteiger partial charge in [-0.1, -0.05) is 0 Å². The van der Waals surface area contributed by atoms with Gasteiger partial charge < -0.3 is 25.6 Å². The molecule has 25 heavy (non-hydrogen) atoms. The molecule has 2 saturated heterocycles. The van der Waals surface area contributed by atoms with E-state index in [2.05, 4.69) is 20.9 Å². The Morgan fingerprint density at radius 2 is 2.28 bits per heavy atom. The number of aromatic nitrogens is 1. The van der Waals surface area contributed by atoms with Crippen molar-refractivity contribution in [3.05, 3.63) is 24.0 Å². The van der Waals surface area contributed by atoms with E-state index in [1.807, 2.05) is 13.0 Å². The number of hydrogen-bond donors (Lipinski definition) is 3. The quantitative estimate of drug-likeness (QED) is 0.717. The number of aryl methyl sites for hydroxylation is 1. The lowest BCUT2D eigenvalue weighted by Crippen LogP contribution is -2.43. The van der Waals surface area contributed by atoms with Crippen molar-refractivity contribution in [2.45, 2.75) is 31.8 Å². The first-order valence-electron chi connectivity index (χ1n) is 8.72. The molecule has 3 amide bonds. The maximum atomic E-state index is 12.4. The molecule has 1 unspecified atom stereocenters. The van der Waals surface area contributed by atoms with Gasteiger partial charge in [-0.15, -0.1) is 0 Å². The molecule has 1 spiro atoms. The molecule has 2 aliphatic heterocycles. The molecule has 1 aromatic heterocycles. The third kappa shape index (κ3) is 4.32. The van der Waals surface area contributed by atoms with Gasteiger partial charge >= 0.3 is 12.1 Å². The molecule has 0 bridgehead atoms. The standard InChI is InChI=1S/C17H25N5O3/c1-13-11-18-6-3-14(13)19-7-8-20-15(23)22-9-2-4-17(5-10-22)12-21-16(24)25-17/h3,6,11H,2,4-5,7-10,12H2,1H3,(H,18,19)(H,20,23)(H,21,24). The number of nitrogens with one attached hydrogen (secondary N) is 3. The van der Waals surface area contributed by atoms with Crippen molar-refractivity contribution in [3.63, 3.8) is 0 Å². The van der Waals surface area contributed by atoms with Gasteiger partial charge in [0.05, 0.1) is 6.54 Å². The van der Waals surface area contributed by atoms with E-state index in [0.717, 1.165) is 24.1 Å². The second-order valence-corrected chi connectivity index (χ2v) is 6.62. The van der Waals surface area contributed by atoms with Crippen LogP contribution in [0.15, 0.2) is 18.5 Å². The Balaban J connectivity index is 1.41. The first-order chi connectivity index (χ1) is 12.1. The summed E-state index contributed by atoms with van der Waals surface area (Å²) in [4.78, 5) is 29.5. The van der Waals surface area contributed by atoms with Crippen LogP contribution in [0.5, 0.6) is 0 Å². The SMILES string of the molecule is Cc1cnccc1NCCNC(=O)N1CCCC2(CC1)CNC(=O)O2. The van der Waals surface area contributed by atoms with Crippen molar-refractivity contribution in [2.75, 3.05) is 38.0 Å². The van der Waals surface area contributed by atoms with Gasteiger partial charge in [0.15, 0.2) is 0 Å². The molecule has 1 aromatic rings. The van der Waals surface area contributed by atoms with Gasteiger partial charge in [-0.05, 0) is 31.4 Å². The molecule has 3 N–H and O–H groups in total. The molecular formula is C17H25N5O3. The summed E-state index contributed by atoms with van der Waals surface area (Å²) in [6.07, 6.45) is 5.49. The molecule has 0 aromatic carbocycles. The molecule has 136 valence electrons. The van der Waals surface area contributed by atoms with Crippen LogP contribution in [0.2, 0.25) is 0 Å². The lowest BCUT2D eigenvalue weighted by molar-refractivity contribution is 0.0453. The highest BCUT2D eigenvalue weighted by Crippen LogP contribution is 2.29. The first-order valence-corrected chi connectivity index (χ1v) is 8.72. The van der Waals surface area contributed by atoms with Crippen molar-refractivity contribution < 1.29 is 14.3 Å². The van der Waals surface area contributed by atoms with Crippen molar-refractivity contribution in [1.82, 2.24) is 20.5 Å². The average Bonchev–Trinajstić information content (AvgIpc) is 2.84. The van der Waals surface area contributed by atoms with E-state index >= 15 is 0 Å². The second-order valence-electron chi connectivity index (χ2n) is 6.62. The predicted octanol–water partition coefficient (Wildman–Crippen LogP) is 1.48. The van der Waals surface area contributed by atoms with Crippen LogP contribution in [-0.2, 0) is 4.74 Å². The molecule has 8 heteroatoms. The fourth-order valence-corrected chi connectivity index (χ4v) is 3.30. The molecule has 3 heterocycles. The van der Waals surface area contributed by atoms with E-state index < -0.39 is 5.60 Å². The molecule has 0 aliphatic carbocycles. The highest BCUT2D eigenvalue weighted by Gasteiger charge is 2.41. The number of amides is 3. The molecule has 0 saturated carbocycles. The van der Waals surface area contributed by atoms with E-state index in [4.69, 9.17) is 4.74 Å². The Kier molecular flexibility index (Phi) is 5.25. The Morgan fingerprint density at radius 1 is 1.40 bits per heavy atom. The normalized spacial score (nSPS) is 22.9. The van der Waals surface area contributed by atoms with Crippen LogP contribution >= 0.6 is 0 Å². The number of alkyl carbamates (subject to hydrolysis) is 1. The minimum atomic E-state index is -0.438. The molecular weight excluding hydrogens is 322 g/mol. The van der Waals surface area contributed by atoms with Gasteiger partial charge in [-0.3, -0.25) is 4.98 Å². The third-order valence-electron chi connectivity index (χ3n) is 4.79. The van der Waals surface area contributed by atoms with E-state index in [1.54, 1.807) is 17.3 Å². The van der Waals surface area contributed by atoms with E-state index in [1.165, 1.54) is 0 Å². The lowest BCUT2D eigenvalue weighted by atomic mass is 9.95. The van der Waals surface area contributed by atoms with Crippen LogP contribution in [0.4, 0.5) is 15.3 Å². The van der Waals surface area contributed by atoms with Crippen LogP contribution in [-0.4, -0.2) is 60.3 Å². The average molecular weight is 347 g/mol. The Labute approximate surface area is 147 Å². The van der Waals surface area contributed by atoms with Crippen LogP contribution in [0.3, 0.4) is 0 Å². The minimum Gasteiger partial charge on any atom is -0.441 e. The lowest BCUT2D eigenvalue weighted by Gasteiger charge is -2.25. The number of ether oxygens (including phenoxy) is 1. The molecule has 1 atom stereocenters. The summed E-state index contributed by atoms with van der Waals surface area (Å²) in [6, 6.07) is 1.85. The van der Waals surface area contributed by atoms with E-state index in [-0.39, 0.29) is 12.1 Å². The summed E-state index contributed by atoms with van der Waals surface area (Å²) in [7, 11) is 0. The zero-order valence-electron chi connectivity index (χ0n) is 14.5. The zero-order chi connectivity index (χ0) is 17.7. The summed E-state index contributed by atoms with van der Waals surface area (Å²) < 4.78 is 5.43. The smallest absolute Gasteiger partial charge is 0.407 e. The molecule has 0 radical (unpaired) electrons. The van der Waals surface area contributed by atoms with E-state index in [9.17, 15) is 9.59 Å². The number of urea groups is 1. The Bertz CT molecular complexity index is 638. The van der Waals surface area contributed by atoms with Gasteiger partial charge in [0, 0.05) is 50.7 Å². The number of nitrogens with zero attached hydrogens (tertiary/aromatic N) is 2. The number of anilines is 1. The Morgan fingerprint density at radius 3 is 3.04 bits per heavy atom. The van der Waals surface area contributed by atoms with Gasteiger partial charge in [0.25, 0.3) is 0 Å². The first kappa shape index (κ1) is 17.3. The van der Waals surface area contributed by atoms with Gasteiger partial charge in [0.2, 0.25) is 0 Å². The Hall–Kier alpha value is -2.51. The molecule has 3 rings (SSSR count). The van der Waals surface area contributed by atoms with Crippen LogP contribution in [0.1, 0.15) is 24.8 Å². The zero-order valence-corrected chi connectivity index (χ0v) is 14.5. The summed E-state index contributed by atoms with van der Waals surface area (Å²) in [5, 5.41) is 8.95. The largest absolute Gasteiger partial charge is 0.441 e. The maximum Gasteiger partial charge on any atom is 0.407 e. The van der Waals surface area contributed by atoms with Crippen LogP contribution in [0, 0.1) is 6.92 Å². The van der Waals surface area contributed by atoms with Crippen LogP contribution in [0.25, 0.3) is 0 Å². The number of carbonyl (C=O) groups is 2. The van der Waals surface area contributed by atoms with Crippen molar-refractivity contribution >= 4 is 17.8 Å². The minimum absolute atomic E-state index is 0.0671. The number of hydrogen-bond acceptors (Lipinski definition) is 5. The van der Waals surface area contributed by atoms with Gasteiger partial charge in [0.1, 0.15) is 5.60 Å². The van der Waals surface area contributed by atoms with E-state index in [0.29, 0.717) is 39.1 Å². The third-order valence-corrected chi connectivity index (χ3v) is 4.79. The fourth-order valence-electron chi connectivity index (χ4n) is 3.30. The van der Waals surface area contributed by atoms with Crippen molar-refractivity contribution in [2.24, 2.45) is 0 Å². The molecule has 2 fully saturated rings. The maximum absolute atomic E-state index is 12.4. The summed E-state index contributed by atoms with van der Waals surface area (Å²) in [5.74, 6) is 0. The number of carbonyl (C=O) groups excluding carboxylic acids is 2. The second kappa shape index (κ2) is 7.58. The number of pyridine rings is 1. The van der Waals surface area contributed by atoms with Gasteiger partial charge in [-0.2, -0.15) is 0 Å². The molecule has 8 nitrogen and oxygen atoms in total. The summed E-state index contributed by atoms with van der Waals surface area (Å²) >= 11 is 0. The van der Waals surface area contributed by atoms with Crippen molar-refractivity contribution in [1.29, 1.82) is 0 Å². The predicted molar refractivity (Wildman–Crippen MR) is 93.5 cm³/mol. The highest BCUT2D eigenvalue weighted by atomic mass is 16.6. The van der Waals surface area contributed by atoms with Gasteiger partial charge in [-0.25, -0.2) is 9.59 Å². The summed E-state index contributed by atoms with van der Waals surface area (Å²) in [5.41, 5.74) is 1.66. The highest BCUT2D eigenvalue weighted by molar-refractivity contribution is 5.74.